The molecule has 0 spiro atoms. The predicted molar refractivity (Wildman–Crippen MR) is 103 cm³/mol. The first kappa shape index (κ1) is 16.5. The number of carbonyl (C=O) groups is 1. The monoisotopic (exact) mass is 356 g/mol. The minimum Gasteiger partial charge on any atom is -0.366 e. The topological polar surface area (TPSA) is 98.7 Å². The van der Waals surface area contributed by atoms with E-state index >= 15 is 0 Å². The van der Waals surface area contributed by atoms with Crippen molar-refractivity contribution in [3.8, 4) is 16.9 Å². The lowest BCUT2D eigenvalue weighted by Gasteiger charge is -2.08. The van der Waals surface area contributed by atoms with Crippen LogP contribution in [0.4, 0.5) is 11.6 Å². The summed E-state index contributed by atoms with van der Waals surface area (Å²) in [6.07, 6.45) is 7.07. The van der Waals surface area contributed by atoms with Crippen LogP contribution in [0.15, 0.2) is 79.5 Å². The summed E-state index contributed by atoms with van der Waals surface area (Å²) < 4.78 is 1.93. The summed E-state index contributed by atoms with van der Waals surface area (Å²) in [5.74, 6) is -0.0425. The molecule has 0 aliphatic carbocycles. The third-order valence-corrected chi connectivity index (χ3v) is 4.02. The Morgan fingerprint density at radius 2 is 1.89 bits per heavy atom. The van der Waals surface area contributed by atoms with Crippen molar-refractivity contribution >= 4 is 17.5 Å². The Hall–Kier alpha value is -4.00. The summed E-state index contributed by atoms with van der Waals surface area (Å²) in [5.41, 5.74) is 9.21. The minimum absolute atomic E-state index is 0.422. The second-order valence-corrected chi connectivity index (χ2v) is 5.85. The molecule has 0 aliphatic heterocycles. The van der Waals surface area contributed by atoms with E-state index < -0.39 is 5.91 Å². The fraction of sp³-hybridized carbons (Fsp3) is 0. The van der Waals surface area contributed by atoms with Crippen LogP contribution < -0.4 is 11.1 Å². The first-order valence-electron chi connectivity index (χ1n) is 8.28. The molecule has 132 valence electrons. The van der Waals surface area contributed by atoms with E-state index in [2.05, 4.69) is 20.3 Å². The van der Waals surface area contributed by atoms with Crippen molar-refractivity contribution in [2.75, 3.05) is 5.32 Å². The Morgan fingerprint density at radius 1 is 1.04 bits per heavy atom. The van der Waals surface area contributed by atoms with E-state index in [1.165, 1.54) is 0 Å². The zero-order chi connectivity index (χ0) is 18.6. The van der Waals surface area contributed by atoms with Gasteiger partial charge in [0, 0.05) is 41.1 Å². The van der Waals surface area contributed by atoms with Gasteiger partial charge in [0.2, 0.25) is 11.9 Å². The smallest absolute Gasteiger partial charge is 0.248 e. The summed E-state index contributed by atoms with van der Waals surface area (Å²) in [5, 5.41) is 3.10. The van der Waals surface area contributed by atoms with Gasteiger partial charge in [-0.2, -0.15) is 0 Å². The molecule has 2 aromatic heterocycles. The van der Waals surface area contributed by atoms with E-state index in [9.17, 15) is 4.79 Å². The first-order valence-corrected chi connectivity index (χ1v) is 8.28. The van der Waals surface area contributed by atoms with Gasteiger partial charge < -0.3 is 15.6 Å². The zero-order valence-corrected chi connectivity index (χ0v) is 14.3. The van der Waals surface area contributed by atoms with E-state index in [1.807, 2.05) is 47.2 Å². The Morgan fingerprint density at radius 3 is 2.63 bits per heavy atom. The number of nitrogens with zero attached hydrogens (tertiary/aromatic N) is 4. The summed E-state index contributed by atoms with van der Waals surface area (Å²) in [7, 11) is 0. The van der Waals surface area contributed by atoms with Crippen molar-refractivity contribution in [3.63, 3.8) is 0 Å². The van der Waals surface area contributed by atoms with Crippen LogP contribution in [0.3, 0.4) is 0 Å². The Kier molecular flexibility index (Phi) is 4.32. The first-order chi connectivity index (χ1) is 13.2. The highest BCUT2D eigenvalue weighted by atomic mass is 16.1. The fourth-order valence-corrected chi connectivity index (χ4v) is 2.68. The average molecular weight is 356 g/mol. The number of nitrogens with two attached hydrogens (primary N) is 1. The molecule has 0 aliphatic rings. The maximum Gasteiger partial charge on any atom is 0.248 e. The van der Waals surface area contributed by atoms with Crippen molar-refractivity contribution in [1.82, 2.24) is 19.5 Å². The molecule has 7 nitrogen and oxygen atoms in total. The molecule has 27 heavy (non-hydrogen) atoms. The highest BCUT2D eigenvalue weighted by molar-refractivity contribution is 5.93. The van der Waals surface area contributed by atoms with E-state index in [0.29, 0.717) is 17.2 Å². The van der Waals surface area contributed by atoms with Crippen molar-refractivity contribution in [2.45, 2.75) is 0 Å². The van der Waals surface area contributed by atoms with Gasteiger partial charge in [-0.25, -0.2) is 15.0 Å². The number of aromatic nitrogens is 4. The molecule has 0 atom stereocenters. The number of hydrogen-bond donors (Lipinski definition) is 2. The molecule has 4 aromatic rings. The van der Waals surface area contributed by atoms with Crippen LogP contribution in [0.5, 0.6) is 0 Å². The van der Waals surface area contributed by atoms with Gasteiger partial charge >= 0.3 is 0 Å². The molecule has 2 aromatic carbocycles. The standard InChI is InChI=1S/C20H16N6O/c21-19(27)15-2-1-3-16(12-15)24-20-23-9-8-18(25-20)14-4-6-17(7-5-14)26-11-10-22-13-26/h1-13H,(H2,21,27)(H,23,24,25). The largest absolute Gasteiger partial charge is 0.366 e. The molecule has 0 saturated carbocycles. The van der Waals surface area contributed by atoms with Gasteiger partial charge in [0.15, 0.2) is 0 Å². The van der Waals surface area contributed by atoms with Crippen LogP contribution in [-0.4, -0.2) is 25.4 Å². The molecule has 4 rings (SSSR count). The van der Waals surface area contributed by atoms with Crippen LogP contribution in [0.2, 0.25) is 0 Å². The Labute approximate surface area is 155 Å². The molecular weight excluding hydrogens is 340 g/mol. The summed E-state index contributed by atoms with van der Waals surface area (Å²) in [6, 6.07) is 16.7. The number of rotatable bonds is 5. The van der Waals surface area contributed by atoms with E-state index in [0.717, 1.165) is 16.9 Å². The molecule has 0 unspecified atom stereocenters. The minimum atomic E-state index is -0.480. The third-order valence-electron chi connectivity index (χ3n) is 4.02. The molecular formula is C20H16N6O. The number of benzene rings is 2. The van der Waals surface area contributed by atoms with Crippen LogP contribution in [0.1, 0.15) is 10.4 Å². The number of carbonyl (C=O) groups excluding carboxylic acids is 1. The van der Waals surface area contributed by atoms with Gasteiger partial charge in [0.25, 0.3) is 0 Å². The SMILES string of the molecule is NC(=O)c1cccc(Nc2nccc(-c3ccc(-n4ccnc4)cc3)n2)c1. The second kappa shape index (κ2) is 7.09. The van der Waals surface area contributed by atoms with Crippen LogP contribution in [0, 0.1) is 0 Å². The van der Waals surface area contributed by atoms with Crippen LogP contribution >= 0.6 is 0 Å². The molecule has 0 saturated heterocycles. The summed E-state index contributed by atoms with van der Waals surface area (Å²) >= 11 is 0. The Balaban J connectivity index is 1.57. The third kappa shape index (κ3) is 3.67. The lowest BCUT2D eigenvalue weighted by Crippen LogP contribution is -2.11. The number of imidazole rings is 1. The molecule has 2 heterocycles. The predicted octanol–water partition coefficient (Wildman–Crippen LogP) is 3.17. The van der Waals surface area contributed by atoms with Gasteiger partial charge in [-0.3, -0.25) is 4.79 Å². The normalized spacial score (nSPS) is 10.5. The van der Waals surface area contributed by atoms with Crippen molar-refractivity contribution < 1.29 is 4.79 Å². The van der Waals surface area contributed by atoms with Gasteiger partial charge in [0.1, 0.15) is 0 Å². The number of nitrogens with one attached hydrogen (secondary N) is 1. The van der Waals surface area contributed by atoms with Crippen LogP contribution in [0.25, 0.3) is 16.9 Å². The van der Waals surface area contributed by atoms with Gasteiger partial charge in [-0.15, -0.1) is 0 Å². The highest BCUT2D eigenvalue weighted by Gasteiger charge is 2.06. The number of anilines is 2. The molecule has 0 bridgehead atoms. The maximum atomic E-state index is 11.3. The average Bonchev–Trinajstić information content (AvgIpc) is 3.23. The summed E-state index contributed by atoms with van der Waals surface area (Å²) in [6.45, 7) is 0. The lowest BCUT2D eigenvalue weighted by atomic mass is 10.1. The molecule has 7 heteroatoms. The summed E-state index contributed by atoms with van der Waals surface area (Å²) in [4.78, 5) is 24.2. The highest BCUT2D eigenvalue weighted by Crippen LogP contribution is 2.21. The van der Waals surface area contributed by atoms with E-state index in [4.69, 9.17) is 5.73 Å². The number of primary amides is 1. The van der Waals surface area contributed by atoms with Gasteiger partial charge in [-0.05, 0) is 36.4 Å². The van der Waals surface area contributed by atoms with Crippen molar-refractivity contribution in [2.24, 2.45) is 5.73 Å². The van der Waals surface area contributed by atoms with Gasteiger partial charge in [0.05, 0.1) is 12.0 Å². The van der Waals surface area contributed by atoms with Crippen molar-refractivity contribution in [1.29, 1.82) is 0 Å². The Bertz CT molecular complexity index is 1070. The van der Waals surface area contributed by atoms with Gasteiger partial charge in [-0.1, -0.05) is 18.2 Å². The second-order valence-electron chi connectivity index (χ2n) is 5.85. The lowest BCUT2D eigenvalue weighted by molar-refractivity contribution is 0.100. The molecule has 0 fully saturated rings. The zero-order valence-electron chi connectivity index (χ0n) is 14.3. The number of amides is 1. The fourth-order valence-electron chi connectivity index (χ4n) is 2.68. The van der Waals surface area contributed by atoms with E-state index in [-0.39, 0.29) is 0 Å². The molecule has 1 amide bonds. The van der Waals surface area contributed by atoms with Crippen LogP contribution in [-0.2, 0) is 0 Å². The molecule has 3 N–H and O–H groups in total. The maximum absolute atomic E-state index is 11.3. The van der Waals surface area contributed by atoms with E-state index in [1.54, 1.807) is 36.9 Å². The number of hydrogen-bond acceptors (Lipinski definition) is 5. The molecule has 0 radical (unpaired) electrons. The van der Waals surface area contributed by atoms with Crippen molar-refractivity contribution in [3.05, 3.63) is 85.1 Å². The quantitative estimate of drug-likeness (QED) is 0.572.